The normalized spacial score (nSPS) is 10.7. The molecule has 3 aromatic rings. The van der Waals surface area contributed by atoms with Gasteiger partial charge in [-0.1, -0.05) is 6.07 Å². The Morgan fingerprint density at radius 1 is 1.19 bits per heavy atom. The number of ether oxygens (including phenoxy) is 2. The Morgan fingerprint density at radius 3 is 2.59 bits per heavy atom. The molecule has 0 fully saturated rings. The summed E-state index contributed by atoms with van der Waals surface area (Å²) in [6, 6.07) is 11.6. The summed E-state index contributed by atoms with van der Waals surface area (Å²) in [7, 11) is 1.36. The second-order valence-corrected chi connectivity index (χ2v) is 5.56. The fraction of sp³-hybridized carbons (Fsp3) is 0.158. The van der Waals surface area contributed by atoms with Crippen LogP contribution in [0.3, 0.4) is 0 Å². The number of carbonyl (C=O) groups is 1. The van der Waals surface area contributed by atoms with Gasteiger partial charge in [-0.15, -0.1) is 0 Å². The largest absolute Gasteiger partial charge is 0.493 e. The van der Waals surface area contributed by atoms with Crippen LogP contribution in [-0.2, 0) is 6.54 Å². The highest BCUT2D eigenvalue weighted by atomic mass is 19.3. The summed E-state index contributed by atoms with van der Waals surface area (Å²) in [5.74, 6) is -0.136. The molecule has 1 heterocycles. The van der Waals surface area contributed by atoms with Gasteiger partial charge in [-0.25, -0.2) is 4.98 Å². The molecular weight excluding hydrogens is 356 g/mol. The number of carbonyl (C=O) groups excluding carboxylic acids is 1. The van der Waals surface area contributed by atoms with Crippen molar-refractivity contribution in [1.82, 2.24) is 14.9 Å². The maximum Gasteiger partial charge on any atom is 0.387 e. The van der Waals surface area contributed by atoms with E-state index in [1.165, 1.54) is 13.2 Å². The zero-order valence-electron chi connectivity index (χ0n) is 14.4. The van der Waals surface area contributed by atoms with Crippen molar-refractivity contribution in [2.45, 2.75) is 13.2 Å². The molecule has 140 valence electrons. The summed E-state index contributed by atoms with van der Waals surface area (Å²) in [6.07, 6.45) is 5.15. The summed E-state index contributed by atoms with van der Waals surface area (Å²) in [5, 5.41) is 2.78. The number of hydrogen-bond acceptors (Lipinski definition) is 4. The molecule has 0 unspecified atom stereocenters. The maximum absolute atomic E-state index is 12.4. The third kappa shape index (κ3) is 4.60. The van der Waals surface area contributed by atoms with E-state index >= 15 is 0 Å². The minimum absolute atomic E-state index is 0.0577. The van der Waals surface area contributed by atoms with Crippen molar-refractivity contribution in [3.63, 3.8) is 0 Å². The summed E-state index contributed by atoms with van der Waals surface area (Å²) in [4.78, 5) is 16.3. The van der Waals surface area contributed by atoms with Gasteiger partial charge in [0.2, 0.25) is 0 Å². The third-order valence-electron chi connectivity index (χ3n) is 3.83. The first-order valence-electron chi connectivity index (χ1n) is 8.05. The van der Waals surface area contributed by atoms with Gasteiger partial charge in [0.25, 0.3) is 5.91 Å². The number of alkyl halides is 2. The molecule has 0 aliphatic rings. The van der Waals surface area contributed by atoms with Crippen molar-refractivity contribution < 1.29 is 23.0 Å². The van der Waals surface area contributed by atoms with Gasteiger partial charge in [-0.2, -0.15) is 8.78 Å². The fourth-order valence-corrected chi connectivity index (χ4v) is 2.50. The Hall–Kier alpha value is -3.42. The van der Waals surface area contributed by atoms with Gasteiger partial charge in [0.05, 0.1) is 13.4 Å². The van der Waals surface area contributed by atoms with Crippen LogP contribution in [0.2, 0.25) is 0 Å². The lowest BCUT2D eigenvalue weighted by molar-refractivity contribution is -0.0512. The van der Waals surface area contributed by atoms with Crippen molar-refractivity contribution in [3.05, 3.63) is 72.3 Å². The lowest BCUT2D eigenvalue weighted by Gasteiger charge is -2.12. The minimum Gasteiger partial charge on any atom is -0.493 e. The number of amides is 1. The van der Waals surface area contributed by atoms with Crippen LogP contribution in [-0.4, -0.2) is 29.2 Å². The predicted molar refractivity (Wildman–Crippen MR) is 94.4 cm³/mol. The Balaban J connectivity index is 1.63. The van der Waals surface area contributed by atoms with Crippen LogP contribution in [0.4, 0.5) is 8.78 Å². The highest BCUT2D eigenvalue weighted by molar-refractivity contribution is 5.94. The molecule has 3 rings (SSSR count). The molecule has 1 N–H and O–H groups in total. The number of imidazole rings is 1. The molecule has 0 bridgehead atoms. The standard InChI is InChI=1S/C19H17F2N3O3/c1-26-17-10-13(2-7-16(17)27-19(20)21)11-23-18(25)14-3-5-15(6-4-14)24-9-8-22-12-24/h2-10,12,19H,11H2,1H3,(H,23,25). The van der Waals surface area contributed by atoms with Gasteiger partial charge in [0.1, 0.15) is 0 Å². The first-order chi connectivity index (χ1) is 13.1. The minimum atomic E-state index is -2.94. The molecule has 0 atom stereocenters. The molecule has 0 aliphatic heterocycles. The molecule has 0 saturated heterocycles. The van der Waals surface area contributed by atoms with Crippen LogP contribution < -0.4 is 14.8 Å². The second-order valence-electron chi connectivity index (χ2n) is 5.56. The SMILES string of the molecule is COc1cc(CNC(=O)c2ccc(-n3ccnc3)cc2)ccc1OC(F)F. The van der Waals surface area contributed by atoms with Gasteiger partial charge in [-0.3, -0.25) is 4.79 Å². The number of benzene rings is 2. The molecule has 0 aliphatic carbocycles. The first kappa shape index (κ1) is 18.4. The van der Waals surface area contributed by atoms with E-state index in [0.717, 1.165) is 5.69 Å². The number of nitrogens with one attached hydrogen (secondary N) is 1. The molecule has 8 heteroatoms. The molecule has 0 saturated carbocycles. The maximum atomic E-state index is 12.4. The fourth-order valence-electron chi connectivity index (χ4n) is 2.50. The van der Waals surface area contributed by atoms with Crippen LogP contribution in [0.1, 0.15) is 15.9 Å². The number of hydrogen-bond donors (Lipinski definition) is 1. The van der Waals surface area contributed by atoms with E-state index in [4.69, 9.17) is 4.74 Å². The summed E-state index contributed by atoms with van der Waals surface area (Å²) >= 11 is 0. The van der Waals surface area contributed by atoms with Crippen molar-refractivity contribution in [2.75, 3.05) is 7.11 Å². The summed E-state index contributed by atoms with van der Waals surface area (Å²) in [5.41, 5.74) is 2.09. The Bertz CT molecular complexity index is 897. The molecule has 2 aromatic carbocycles. The van der Waals surface area contributed by atoms with Crippen LogP contribution in [0, 0.1) is 0 Å². The highest BCUT2D eigenvalue weighted by Gasteiger charge is 2.12. The number of nitrogens with zero attached hydrogens (tertiary/aromatic N) is 2. The smallest absolute Gasteiger partial charge is 0.387 e. The first-order valence-corrected chi connectivity index (χ1v) is 8.05. The molecule has 1 amide bonds. The van der Waals surface area contributed by atoms with Gasteiger partial charge in [-0.05, 0) is 42.0 Å². The van der Waals surface area contributed by atoms with Crippen LogP contribution in [0.15, 0.2) is 61.2 Å². The van der Waals surface area contributed by atoms with Gasteiger partial charge < -0.3 is 19.4 Å². The van der Waals surface area contributed by atoms with Gasteiger partial charge >= 0.3 is 6.61 Å². The number of methoxy groups -OCH3 is 1. The van der Waals surface area contributed by atoms with Crippen molar-refractivity contribution >= 4 is 5.91 Å². The van der Waals surface area contributed by atoms with E-state index in [2.05, 4.69) is 15.0 Å². The molecule has 27 heavy (non-hydrogen) atoms. The van der Waals surface area contributed by atoms with E-state index in [1.807, 2.05) is 22.9 Å². The van der Waals surface area contributed by atoms with Gasteiger partial charge in [0, 0.05) is 30.2 Å². The van der Waals surface area contributed by atoms with E-state index < -0.39 is 6.61 Å². The van der Waals surface area contributed by atoms with Gasteiger partial charge in [0.15, 0.2) is 11.5 Å². The number of aromatic nitrogens is 2. The van der Waals surface area contributed by atoms with Crippen LogP contribution in [0.25, 0.3) is 5.69 Å². The highest BCUT2D eigenvalue weighted by Crippen LogP contribution is 2.29. The molecular formula is C19H17F2N3O3. The Labute approximate surface area is 154 Å². The zero-order valence-corrected chi connectivity index (χ0v) is 14.4. The third-order valence-corrected chi connectivity index (χ3v) is 3.83. The van der Waals surface area contributed by atoms with Crippen molar-refractivity contribution in [2.24, 2.45) is 0 Å². The average Bonchev–Trinajstić information content (AvgIpc) is 3.21. The predicted octanol–water partition coefficient (Wildman–Crippen LogP) is 3.41. The quantitative estimate of drug-likeness (QED) is 0.689. The van der Waals surface area contributed by atoms with Crippen LogP contribution in [0.5, 0.6) is 11.5 Å². The number of halogens is 2. The number of rotatable bonds is 7. The molecule has 1 aromatic heterocycles. The zero-order chi connectivity index (χ0) is 19.2. The summed E-state index contributed by atoms with van der Waals surface area (Å²) < 4.78 is 36.0. The Morgan fingerprint density at radius 2 is 1.96 bits per heavy atom. The van der Waals surface area contributed by atoms with E-state index in [1.54, 1.807) is 36.8 Å². The van der Waals surface area contributed by atoms with E-state index in [9.17, 15) is 13.6 Å². The Kier molecular flexibility index (Phi) is 5.65. The second kappa shape index (κ2) is 8.31. The lowest BCUT2D eigenvalue weighted by atomic mass is 10.1. The van der Waals surface area contributed by atoms with Crippen LogP contribution >= 0.6 is 0 Å². The molecule has 0 radical (unpaired) electrons. The van der Waals surface area contributed by atoms with E-state index in [0.29, 0.717) is 11.1 Å². The summed E-state index contributed by atoms with van der Waals surface area (Å²) in [6.45, 7) is -2.72. The lowest BCUT2D eigenvalue weighted by Crippen LogP contribution is -2.22. The molecule has 6 nitrogen and oxygen atoms in total. The van der Waals surface area contributed by atoms with E-state index in [-0.39, 0.29) is 24.0 Å². The van der Waals surface area contributed by atoms with Crippen molar-refractivity contribution in [1.29, 1.82) is 0 Å². The average molecular weight is 373 g/mol. The van der Waals surface area contributed by atoms with Crippen molar-refractivity contribution in [3.8, 4) is 17.2 Å². The monoisotopic (exact) mass is 373 g/mol. The topological polar surface area (TPSA) is 65.4 Å². The molecule has 0 spiro atoms.